The number of hydrogen-bond acceptors (Lipinski definition) is 2. The molecule has 1 aromatic rings. The van der Waals surface area contributed by atoms with E-state index in [1.807, 2.05) is 6.07 Å². The molecule has 3 nitrogen and oxygen atoms in total. The molecule has 20 heavy (non-hydrogen) atoms. The molecule has 1 amide bonds. The summed E-state index contributed by atoms with van der Waals surface area (Å²) in [7, 11) is 0. The number of aryl methyl sites for hydroxylation is 1. The first-order chi connectivity index (χ1) is 9.83. The third-order valence-corrected chi connectivity index (χ3v) is 4.66. The molecule has 1 aliphatic heterocycles. The average Bonchev–Trinajstić information content (AvgIpc) is 2.53. The van der Waals surface area contributed by atoms with E-state index in [4.69, 9.17) is 0 Å². The maximum absolute atomic E-state index is 12.3. The Hall–Kier alpha value is -1.51. The molecule has 1 heterocycles. The van der Waals surface area contributed by atoms with Crippen molar-refractivity contribution in [2.75, 3.05) is 11.9 Å². The van der Waals surface area contributed by atoms with Gasteiger partial charge in [0, 0.05) is 12.2 Å². The lowest BCUT2D eigenvalue weighted by Gasteiger charge is -2.27. The van der Waals surface area contributed by atoms with E-state index in [1.54, 1.807) is 0 Å². The molecule has 2 aliphatic rings. The van der Waals surface area contributed by atoms with Gasteiger partial charge in [-0.3, -0.25) is 4.79 Å². The van der Waals surface area contributed by atoms with Gasteiger partial charge in [0.1, 0.15) is 6.04 Å². The zero-order valence-corrected chi connectivity index (χ0v) is 12.0. The summed E-state index contributed by atoms with van der Waals surface area (Å²) in [5, 5.41) is 6.52. The Kier molecular flexibility index (Phi) is 4.24. The van der Waals surface area contributed by atoms with Crippen molar-refractivity contribution in [1.82, 2.24) is 5.32 Å². The molecule has 108 valence electrons. The summed E-state index contributed by atoms with van der Waals surface area (Å²) in [4.78, 5) is 12.3. The van der Waals surface area contributed by atoms with Crippen LogP contribution in [0.15, 0.2) is 24.3 Å². The van der Waals surface area contributed by atoms with Crippen LogP contribution in [0.25, 0.3) is 0 Å². The lowest BCUT2D eigenvalue weighted by molar-refractivity contribution is -0.122. The highest BCUT2D eigenvalue weighted by molar-refractivity contribution is 5.85. The second-order valence-corrected chi connectivity index (χ2v) is 6.14. The molecular weight excluding hydrogens is 248 g/mol. The Labute approximate surface area is 121 Å². The van der Waals surface area contributed by atoms with Crippen LogP contribution in [-0.4, -0.2) is 18.5 Å². The summed E-state index contributed by atoms with van der Waals surface area (Å²) < 4.78 is 0. The Balaban J connectivity index is 1.51. The highest BCUT2D eigenvalue weighted by Gasteiger charge is 2.24. The van der Waals surface area contributed by atoms with E-state index in [2.05, 4.69) is 28.8 Å². The van der Waals surface area contributed by atoms with Crippen LogP contribution in [0, 0.1) is 5.92 Å². The molecule has 1 aromatic carbocycles. The molecule has 0 saturated heterocycles. The smallest absolute Gasteiger partial charge is 0.242 e. The molecule has 1 fully saturated rings. The maximum atomic E-state index is 12.3. The molecule has 3 rings (SSSR count). The SMILES string of the molecule is O=C(NCC1CCCCC1)C1CCc2ccccc2N1. The number of para-hydroxylation sites is 1. The largest absolute Gasteiger partial charge is 0.373 e. The summed E-state index contributed by atoms with van der Waals surface area (Å²) in [6, 6.07) is 8.22. The first kappa shape index (κ1) is 13.5. The zero-order valence-electron chi connectivity index (χ0n) is 12.0. The van der Waals surface area contributed by atoms with Crippen LogP contribution in [-0.2, 0) is 11.2 Å². The normalized spacial score (nSPS) is 22.7. The van der Waals surface area contributed by atoms with Gasteiger partial charge < -0.3 is 10.6 Å². The highest BCUT2D eigenvalue weighted by atomic mass is 16.2. The predicted octanol–water partition coefficient (Wildman–Crippen LogP) is 3.11. The van der Waals surface area contributed by atoms with Crippen LogP contribution in [0.3, 0.4) is 0 Å². The number of nitrogens with one attached hydrogen (secondary N) is 2. The van der Waals surface area contributed by atoms with Crippen molar-refractivity contribution in [3.8, 4) is 0 Å². The molecule has 0 spiro atoms. The van der Waals surface area contributed by atoms with E-state index >= 15 is 0 Å². The number of carbonyl (C=O) groups excluding carboxylic acids is 1. The minimum absolute atomic E-state index is 0.0616. The van der Waals surface area contributed by atoms with Crippen molar-refractivity contribution < 1.29 is 4.79 Å². The molecule has 1 saturated carbocycles. The number of hydrogen-bond donors (Lipinski definition) is 2. The quantitative estimate of drug-likeness (QED) is 0.887. The molecule has 1 atom stereocenters. The molecule has 1 aliphatic carbocycles. The Morgan fingerprint density at radius 3 is 2.80 bits per heavy atom. The van der Waals surface area contributed by atoms with Crippen LogP contribution in [0.1, 0.15) is 44.1 Å². The third kappa shape index (κ3) is 3.14. The molecular formula is C17H24N2O. The summed E-state index contributed by atoms with van der Waals surface area (Å²) in [6.07, 6.45) is 8.47. The second kappa shape index (κ2) is 6.29. The molecule has 0 radical (unpaired) electrons. The van der Waals surface area contributed by atoms with E-state index in [0.717, 1.165) is 25.1 Å². The molecule has 0 bridgehead atoms. The van der Waals surface area contributed by atoms with Crippen LogP contribution >= 0.6 is 0 Å². The van der Waals surface area contributed by atoms with E-state index < -0.39 is 0 Å². The standard InChI is InChI=1S/C17H24N2O/c20-17(18-12-13-6-2-1-3-7-13)16-11-10-14-8-4-5-9-15(14)19-16/h4-5,8-9,13,16,19H,1-3,6-7,10-12H2,(H,18,20). The van der Waals surface area contributed by atoms with E-state index in [9.17, 15) is 4.79 Å². The average molecular weight is 272 g/mol. The number of anilines is 1. The van der Waals surface area contributed by atoms with Gasteiger partial charge in [-0.25, -0.2) is 0 Å². The van der Waals surface area contributed by atoms with Gasteiger partial charge in [0.05, 0.1) is 0 Å². The van der Waals surface area contributed by atoms with Gasteiger partial charge >= 0.3 is 0 Å². The summed E-state index contributed by atoms with van der Waals surface area (Å²) in [5.74, 6) is 0.869. The van der Waals surface area contributed by atoms with Crippen LogP contribution in [0.4, 0.5) is 5.69 Å². The fourth-order valence-electron chi connectivity index (χ4n) is 3.39. The highest BCUT2D eigenvalue weighted by Crippen LogP contribution is 2.25. The van der Waals surface area contributed by atoms with E-state index in [0.29, 0.717) is 5.92 Å². The van der Waals surface area contributed by atoms with Crippen molar-refractivity contribution in [2.45, 2.75) is 51.0 Å². The Bertz CT molecular complexity index is 466. The van der Waals surface area contributed by atoms with Crippen molar-refractivity contribution in [2.24, 2.45) is 5.92 Å². The van der Waals surface area contributed by atoms with Crippen molar-refractivity contribution in [3.05, 3.63) is 29.8 Å². The fourth-order valence-corrected chi connectivity index (χ4v) is 3.39. The summed E-state index contributed by atoms with van der Waals surface area (Å²) in [6.45, 7) is 0.860. The zero-order chi connectivity index (χ0) is 13.8. The first-order valence-electron chi connectivity index (χ1n) is 7.95. The predicted molar refractivity (Wildman–Crippen MR) is 81.8 cm³/mol. The fraction of sp³-hybridized carbons (Fsp3) is 0.588. The lowest BCUT2D eigenvalue weighted by atomic mass is 9.89. The number of benzene rings is 1. The summed E-state index contributed by atoms with van der Waals surface area (Å²) in [5.41, 5.74) is 2.44. The van der Waals surface area contributed by atoms with Gasteiger partial charge in [0.25, 0.3) is 0 Å². The van der Waals surface area contributed by atoms with Gasteiger partial charge in [0.2, 0.25) is 5.91 Å². The van der Waals surface area contributed by atoms with Crippen LogP contribution < -0.4 is 10.6 Å². The van der Waals surface area contributed by atoms with E-state index in [-0.39, 0.29) is 11.9 Å². The lowest BCUT2D eigenvalue weighted by Crippen LogP contribution is -2.43. The first-order valence-corrected chi connectivity index (χ1v) is 7.95. The minimum Gasteiger partial charge on any atom is -0.373 e. The number of amides is 1. The molecule has 3 heteroatoms. The van der Waals surface area contributed by atoms with Crippen LogP contribution in [0.5, 0.6) is 0 Å². The number of fused-ring (bicyclic) bond motifs is 1. The molecule has 2 N–H and O–H groups in total. The van der Waals surface area contributed by atoms with Gasteiger partial charge in [-0.2, -0.15) is 0 Å². The summed E-state index contributed by atoms with van der Waals surface area (Å²) >= 11 is 0. The second-order valence-electron chi connectivity index (χ2n) is 6.14. The number of carbonyl (C=O) groups is 1. The van der Waals surface area contributed by atoms with Gasteiger partial charge in [-0.15, -0.1) is 0 Å². The van der Waals surface area contributed by atoms with Gasteiger partial charge in [-0.1, -0.05) is 37.5 Å². The Morgan fingerprint density at radius 2 is 1.95 bits per heavy atom. The molecule has 0 aromatic heterocycles. The maximum Gasteiger partial charge on any atom is 0.242 e. The third-order valence-electron chi connectivity index (χ3n) is 4.66. The van der Waals surface area contributed by atoms with Crippen molar-refractivity contribution >= 4 is 11.6 Å². The van der Waals surface area contributed by atoms with Gasteiger partial charge in [-0.05, 0) is 43.2 Å². The van der Waals surface area contributed by atoms with Gasteiger partial charge in [0.15, 0.2) is 0 Å². The van der Waals surface area contributed by atoms with Crippen molar-refractivity contribution in [3.63, 3.8) is 0 Å². The van der Waals surface area contributed by atoms with Crippen molar-refractivity contribution in [1.29, 1.82) is 0 Å². The van der Waals surface area contributed by atoms with Crippen LogP contribution in [0.2, 0.25) is 0 Å². The number of rotatable bonds is 3. The Morgan fingerprint density at radius 1 is 1.15 bits per heavy atom. The topological polar surface area (TPSA) is 41.1 Å². The molecule has 1 unspecified atom stereocenters. The minimum atomic E-state index is -0.0616. The van der Waals surface area contributed by atoms with E-state index in [1.165, 1.54) is 37.7 Å². The monoisotopic (exact) mass is 272 g/mol.